The molecule has 0 aromatic heterocycles. The Labute approximate surface area is 218 Å². The number of nitrogens with two attached hydrogens (primary N) is 2. The van der Waals surface area contributed by atoms with Gasteiger partial charge in [0.15, 0.2) is 0 Å². The van der Waals surface area contributed by atoms with Crippen LogP contribution in [-0.2, 0) is 35.5 Å². The minimum Gasteiger partial charge on any atom is -0.398 e. The minimum absolute atomic E-state index is 0.0124. The lowest BCUT2D eigenvalue weighted by Gasteiger charge is -2.38. The first-order valence-electron chi connectivity index (χ1n) is 12.3. The standard InChI is InChI=1S/C28H36F8N2/c1-9-15-11-17(13-19(21(15)37)23(3,4)5)25(29,30)27(33,34)28(35,36)26(31,32)18-12-16(10-2)22(38)20(14-18)24(6,7)8/h11-14H,9-10,37-38H2,1-8H3. The molecule has 0 bridgehead atoms. The molecule has 38 heavy (non-hydrogen) atoms. The van der Waals surface area contributed by atoms with E-state index in [-0.39, 0.29) is 46.5 Å². The van der Waals surface area contributed by atoms with Gasteiger partial charge < -0.3 is 11.5 Å². The molecule has 0 aliphatic rings. The Hall–Kier alpha value is -2.52. The second-order valence-corrected chi connectivity index (χ2v) is 11.7. The number of aryl methyl sites for hydroxylation is 2. The number of hydrogen-bond acceptors (Lipinski definition) is 2. The van der Waals surface area contributed by atoms with Gasteiger partial charge in [0.05, 0.1) is 0 Å². The van der Waals surface area contributed by atoms with Crippen molar-refractivity contribution in [3.05, 3.63) is 57.6 Å². The Morgan fingerprint density at radius 2 is 0.789 bits per heavy atom. The van der Waals surface area contributed by atoms with Gasteiger partial charge in [0.1, 0.15) is 0 Å². The largest absolute Gasteiger partial charge is 0.398 e. The molecule has 10 heteroatoms. The summed E-state index contributed by atoms with van der Waals surface area (Å²) in [6.07, 6.45) is 0.0511. The van der Waals surface area contributed by atoms with Gasteiger partial charge in [0.25, 0.3) is 0 Å². The van der Waals surface area contributed by atoms with Crippen LogP contribution in [0.25, 0.3) is 0 Å². The molecule has 0 saturated heterocycles. The first kappa shape index (κ1) is 31.7. The second kappa shape index (κ2) is 9.59. The van der Waals surface area contributed by atoms with Crippen molar-refractivity contribution in [2.24, 2.45) is 0 Å². The number of benzene rings is 2. The maximum Gasteiger partial charge on any atom is 0.382 e. The Balaban J connectivity index is 2.81. The zero-order valence-corrected chi connectivity index (χ0v) is 22.9. The Bertz CT molecular complexity index is 1100. The van der Waals surface area contributed by atoms with Crippen molar-refractivity contribution in [1.29, 1.82) is 0 Å². The SMILES string of the molecule is CCc1cc(C(F)(F)C(F)(F)C(F)(F)C(F)(F)c2cc(CC)c(N)c(C(C)(C)C)c2)cc(C(C)(C)C)c1N. The van der Waals surface area contributed by atoms with Crippen LogP contribution >= 0.6 is 0 Å². The molecule has 0 aliphatic carbocycles. The topological polar surface area (TPSA) is 52.0 Å². The van der Waals surface area contributed by atoms with E-state index in [1.807, 2.05) is 0 Å². The second-order valence-electron chi connectivity index (χ2n) is 11.7. The van der Waals surface area contributed by atoms with Crippen LogP contribution in [0, 0.1) is 0 Å². The van der Waals surface area contributed by atoms with Gasteiger partial charge in [-0.15, -0.1) is 0 Å². The summed E-state index contributed by atoms with van der Waals surface area (Å²) in [6.45, 7) is 12.4. The highest BCUT2D eigenvalue weighted by molar-refractivity contribution is 5.60. The molecule has 0 unspecified atom stereocenters. The van der Waals surface area contributed by atoms with Crippen molar-refractivity contribution >= 4 is 11.4 Å². The van der Waals surface area contributed by atoms with Gasteiger partial charge in [-0.3, -0.25) is 0 Å². The van der Waals surface area contributed by atoms with Gasteiger partial charge in [0.2, 0.25) is 0 Å². The van der Waals surface area contributed by atoms with Crippen molar-refractivity contribution in [3.63, 3.8) is 0 Å². The van der Waals surface area contributed by atoms with Crippen molar-refractivity contribution in [1.82, 2.24) is 0 Å². The third kappa shape index (κ3) is 4.95. The smallest absolute Gasteiger partial charge is 0.382 e. The van der Waals surface area contributed by atoms with Crippen molar-refractivity contribution in [2.75, 3.05) is 11.5 Å². The Morgan fingerprint density at radius 1 is 0.526 bits per heavy atom. The molecule has 0 fully saturated rings. The number of hydrogen-bond donors (Lipinski definition) is 2. The minimum atomic E-state index is -6.49. The third-order valence-corrected chi connectivity index (χ3v) is 6.82. The van der Waals surface area contributed by atoms with Crippen LogP contribution in [0.5, 0.6) is 0 Å². The fraction of sp³-hybridized carbons (Fsp3) is 0.571. The average Bonchev–Trinajstić information content (AvgIpc) is 2.77. The predicted octanol–water partition coefficient (Wildman–Crippen LogP) is 8.73. The fourth-order valence-corrected chi connectivity index (χ4v) is 4.37. The van der Waals surface area contributed by atoms with E-state index in [4.69, 9.17) is 11.5 Å². The summed E-state index contributed by atoms with van der Waals surface area (Å²) in [5.41, 5.74) is 7.28. The van der Waals surface area contributed by atoms with Gasteiger partial charge in [-0.1, -0.05) is 55.4 Å². The molecule has 2 aromatic carbocycles. The fourth-order valence-electron chi connectivity index (χ4n) is 4.37. The van der Waals surface area contributed by atoms with E-state index in [0.29, 0.717) is 24.3 Å². The summed E-state index contributed by atoms with van der Waals surface area (Å²) in [4.78, 5) is 0. The van der Waals surface area contributed by atoms with E-state index >= 15 is 35.1 Å². The molecule has 0 saturated carbocycles. The average molecular weight is 553 g/mol. The summed E-state index contributed by atoms with van der Waals surface area (Å²) in [7, 11) is 0. The zero-order chi connectivity index (χ0) is 29.9. The third-order valence-electron chi connectivity index (χ3n) is 6.82. The molecule has 0 atom stereocenters. The van der Waals surface area contributed by atoms with E-state index in [1.165, 1.54) is 13.8 Å². The molecular formula is C28H36F8N2. The molecule has 0 amide bonds. The molecule has 0 heterocycles. The van der Waals surface area contributed by atoms with Crippen molar-refractivity contribution in [2.45, 2.75) is 103 Å². The number of anilines is 2. The highest BCUT2D eigenvalue weighted by Gasteiger charge is 2.81. The molecule has 0 radical (unpaired) electrons. The van der Waals surface area contributed by atoms with E-state index in [2.05, 4.69) is 0 Å². The summed E-state index contributed by atoms with van der Waals surface area (Å²) in [6, 6.07) is 2.32. The quantitative estimate of drug-likeness (QED) is 0.267. The van der Waals surface area contributed by atoms with Gasteiger partial charge in [0, 0.05) is 22.5 Å². The molecule has 0 aliphatic heterocycles. The number of halogens is 8. The molecule has 214 valence electrons. The van der Waals surface area contributed by atoms with Crippen LogP contribution in [-0.4, -0.2) is 11.8 Å². The van der Waals surface area contributed by atoms with Gasteiger partial charge in [-0.25, -0.2) is 0 Å². The van der Waals surface area contributed by atoms with Gasteiger partial charge >= 0.3 is 23.7 Å². The van der Waals surface area contributed by atoms with Crippen LogP contribution in [0.15, 0.2) is 24.3 Å². The van der Waals surface area contributed by atoms with Crippen LogP contribution in [0.3, 0.4) is 0 Å². The predicted molar refractivity (Wildman–Crippen MR) is 136 cm³/mol. The highest BCUT2D eigenvalue weighted by atomic mass is 19.4. The Morgan fingerprint density at radius 3 is 1.00 bits per heavy atom. The number of rotatable bonds is 7. The lowest BCUT2D eigenvalue weighted by atomic mass is 9.80. The van der Waals surface area contributed by atoms with E-state index in [9.17, 15) is 0 Å². The molecule has 0 spiro atoms. The molecular weight excluding hydrogens is 516 g/mol. The van der Waals surface area contributed by atoms with Crippen LogP contribution < -0.4 is 11.5 Å². The molecule has 4 N–H and O–H groups in total. The normalized spacial score (nSPS) is 14.2. The van der Waals surface area contributed by atoms with E-state index in [0.717, 1.165) is 0 Å². The molecule has 2 aromatic rings. The lowest BCUT2D eigenvalue weighted by Crippen LogP contribution is -2.59. The first-order valence-corrected chi connectivity index (χ1v) is 12.3. The lowest BCUT2D eigenvalue weighted by molar-refractivity contribution is -0.374. The summed E-state index contributed by atoms with van der Waals surface area (Å²) < 4.78 is 122. The van der Waals surface area contributed by atoms with Crippen molar-refractivity contribution < 1.29 is 35.1 Å². The molecule has 2 nitrogen and oxygen atoms in total. The zero-order valence-electron chi connectivity index (χ0n) is 22.9. The van der Waals surface area contributed by atoms with Crippen LogP contribution in [0.4, 0.5) is 46.5 Å². The van der Waals surface area contributed by atoms with Crippen molar-refractivity contribution in [3.8, 4) is 0 Å². The first-order chi connectivity index (χ1) is 16.9. The Kier molecular flexibility index (Phi) is 8.00. The molecule has 2 rings (SSSR count). The van der Waals surface area contributed by atoms with Crippen LogP contribution in [0.1, 0.15) is 88.8 Å². The summed E-state index contributed by atoms with van der Waals surface area (Å²) >= 11 is 0. The maximum atomic E-state index is 15.3. The summed E-state index contributed by atoms with van der Waals surface area (Å²) in [5, 5.41) is 0. The van der Waals surface area contributed by atoms with Crippen LogP contribution in [0.2, 0.25) is 0 Å². The summed E-state index contributed by atoms with van der Waals surface area (Å²) in [5.74, 6) is -24.3. The monoisotopic (exact) mass is 552 g/mol. The highest BCUT2D eigenvalue weighted by Crippen LogP contribution is 2.60. The number of nitrogen functional groups attached to an aromatic ring is 2. The maximum absolute atomic E-state index is 15.3. The van der Waals surface area contributed by atoms with E-state index < -0.39 is 45.6 Å². The van der Waals surface area contributed by atoms with Gasteiger partial charge in [-0.2, -0.15) is 35.1 Å². The number of alkyl halides is 8. The van der Waals surface area contributed by atoms with E-state index in [1.54, 1.807) is 41.5 Å². The van der Waals surface area contributed by atoms with Gasteiger partial charge in [-0.05, 0) is 70.2 Å².